The van der Waals surface area contributed by atoms with Crippen molar-refractivity contribution in [2.24, 2.45) is 0 Å². The molecule has 0 radical (unpaired) electrons. The molecular formula is C26H23F2NO4. The molecule has 4 rings (SSSR count). The number of nitrogens with zero attached hydrogens (tertiary/aromatic N) is 1. The lowest BCUT2D eigenvalue weighted by molar-refractivity contribution is -0.137. The van der Waals surface area contributed by atoms with Crippen molar-refractivity contribution in [1.82, 2.24) is 4.90 Å². The van der Waals surface area contributed by atoms with Gasteiger partial charge in [0, 0.05) is 24.9 Å². The minimum Gasteiger partial charge on any atom is -0.487 e. The summed E-state index contributed by atoms with van der Waals surface area (Å²) in [7, 11) is 0. The third-order valence-electron chi connectivity index (χ3n) is 5.62. The average Bonchev–Trinajstić information content (AvgIpc) is 3.10. The van der Waals surface area contributed by atoms with Gasteiger partial charge in [-0.15, -0.1) is 0 Å². The zero-order chi connectivity index (χ0) is 23.6. The van der Waals surface area contributed by atoms with Gasteiger partial charge in [0.2, 0.25) is 0 Å². The molecule has 3 aromatic rings. The second kappa shape index (κ2) is 9.02. The molecule has 0 bridgehead atoms. The summed E-state index contributed by atoms with van der Waals surface area (Å²) in [5.74, 6) is -1.61. The van der Waals surface area contributed by atoms with Gasteiger partial charge in [-0.1, -0.05) is 24.3 Å². The highest BCUT2D eigenvalue weighted by molar-refractivity contribution is 5.96. The maximum atomic E-state index is 13.2. The lowest BCUT2D eigenvalue weighted by Gasteiger charge is -2.24. The van der Waals surface area contributed by atoms with Gasteiger partial charge in [0.05, 0.1) is 0 Å². The second-order valence-electron chi connectivity index (χ2n) is 8.54. The Morgan fingerprint density at radius 3 is 2.18 bits per heavy atom. The van der Waals surface area contributed by atoms with Gasteiger partial charge in [0.15, 0.2) is 0 Å². The Balaban J connectivity index is 1.52. The van der Waals surface area contributed by atoms with Crippen molar-refractivity contribution < 1.29 is 28.2 Å². The summed E-state index contributed by atoms with van der Waals surface area (Å²) in [4.78, 5) is 25.7. The number of aliphatic carboxylic acids is 1. The minimum atomic E-state index is -1.14. The molecule has 1 aliphatic heterocycles. The summed E-state index contributed by atoms with van der Waals surface area (Å²) >= 11 is 0. The van der Waals surface area contributed by atoms with Gasteiger partial charge in [-0.3, -0.25) is 9.59 Å². The minimum absolute atomic E-state index is 0.0429. The van der Waals surface area contributed by atoms with Crippen molar-refractivity contribution in [2.75, 3.05) is 6.54 Å². The van der Waals surface area contributed by atoms with Crippen LogP contribution in [0, 0.1) is 11.6 Å². The molecule has 7 heteroatoms. The summed E-state index contributed by atoms with van der Waals surface area (Å²) in [5, 5.41) is 9.29. The number of carboxylic acids is 1. The molecule has 170 valence electrons. The van der Waals surface area contributed by atoms with E-state index in [1.54, 1.807) is 30.3 Å². The standard InChI is InChI=1S/C26H23F2NO4/c1-26(13-17-2-7-21(27)8-3-17)14-20-12-19(6-11-23(20)33-26)25(32)29(16-24(30)31)15-18-4-9-22(28)10-5-18/h2-12H,13-16H2,1H3,(H,30,31)/t26-/m1/s1. The molecule has 1 amide bonds. The zero-order valence-corrected chi connectivity index (χ0v) is 18.1. The summed E-state index contributed by atoms with van der Waals surface area (Å²) in [5.41, 5.74) is 2.23. The number of hydrogen-bond acceptors (Lipinski definition) is 3. The van der Waals surface area contributed by atoms with Crippen LogP contribution in [0.25, 0.3) is 0 Å². The van der Waals surface area contributed by atoms with Gasteiger partial charge in [0.1, 0.15) is 29.5 Å². The normalized spacial score (nSPS) is 16.7. The number of ether oxygens (including phenoxy) is 1. The number of halogens is 2. The number of carbonyl (C=O) groups is 2. The molecule has 3 aromatic carbocycles. The number of fused-ring (bicyclic) bond motifs is 1. The van der Waals surface area contributed by atoms with Crippen LogP contribution in [-0.4, -0.2) is 34.0 Å². The van der Waals surface area contributed by atoms with Gasteiger partial charge in [-0.05, 0) is 66.1 Å². The summed E-state index contributed by atoms with van der Waals surface area (Å²) < 4.78 is 32.6. The third kappa shape index (κ3) is 5.37. The van der Waals surface area contributed by atoms with E-state index in [0.717, 1.165) is 11.1 Å². The fourth-order valence-electron chi connectivity index (χ4n) is 4.14. The Morgan fingerprint density at radius 1 is 0.970 bits per heavy atom. The van der Waals surface area contributed by atoms with Crippen molar-refractivity contribution in [3.63, 3.8) is 0 Å². The molecule has 0 aromatic heterocycles. The van der Waals surface area contributed by atoms with E-state index >= 15 is 0 Å². The molecule has 0 saturated heterocycles. The van der Waals surface area contributed by atoms with E-state index in [-0.39, 0.29) is 12.4 Å². The number of carboxylic acid groups (broad SMARTS) is 1. The van der Waals surface area contributed by atoms with Crippen LogP contribution in [0.5, 0.6) is 5.75 Å². The van der Waals surface area contributed by atoms with Crippen LogP contribution < -0.4 is 4.74 Å². The number of benzene rings is 3. The topological polar surface area (TPSA) is 66.8 Å². The molecule has 0 spiro atoms. The van der Waals surface area contributed by atoms with Gasteiger partial charge in [0.25, 0.3) is 5.91 Å². The molecular weight excluding hydrogens is 428 g/mol. The first kappa shape index (κ1) is 22.5. The van der Waals surface area contributed by atoms with Gasteiger partial charge in [-0.25, -0.2) is 8.78 Å². The number of hydrogen-bond donors (Lipinski definition) is 1. The predicted molar refractivity (Wildman–Crippen MR) is 118 cm³/mol. The zero-order valence-electron chi connectivity index (χ0n) is 18.1. The predicted octanol–water partition coefficient (Wildman–Crippen LogP) is 4.63. The van der Waals surface area contributed by atoms with Crippen LogP contribution in [0.15, 0.2) is 66.7 Å². The van der Waals surface area contributed by atoms with Gasteiger partial charge < -0.3 is 14.7 Å². The average molecular weight is 451 g/mol. The maximum Gasteiger partial charge on any atom is 0.323 e. The molecule has 0 aliphatic carbocycles. The Labute approximate surface area is 190 Å². The highest BCUT2D eigenvalue weighted by Crippen LogP contribution is 2.37. The number of rotatable bonds is 7. The monoisotopic (exact) mass is 451 g/mol. The Hall–Kier alpha value is -3.74. The molecule has 0 saturated carbocycles. The first-order chi connectivity index (χ1) is 15.7. The fraction of sp³-hybridized carbons (Fsp3) is 0.231. The molecule has 5 nitrogen and oxygen atoms in total. The lowest BCUT2D eigenvalue weighted by atomic mass is 9.91. The molecule has 1 atom stereocenters. The quantitative estimate of drug-likeness (QED) is 0.569. The molecule has 33 heavy (non-hydrogen) atoms. The fourth-order valence-corrected chi connectivity index (χ4v) is 4.14. The van der Waals surface area contributed by atoms with Gasteiger partial charge >= 0.3 is 5.97 Å². The maximum absolute atomic E-state index is 13.2. The van der Waals surface area contributed by atoms with E-state index in [2.05, 4.69) is 0 Å². The first-order valence-corrected chi connectivity index (χ1v) is 10.5. The lowest BCUT2D eigenvalue weighted by Crippen LogP contribution is -2.35. The number of amides is 1. The highest BCUT2D eigenvalue weighted by atomic mass is 19.1. The first-order valence-electron chi connectivity index (χ1n) is 10.5. The van der Waals surface area contributed by atoms with Crippen molar-refractivity contribution in [3.05, 3.63) is 101 Å². The van der Waals surface area contributed by atoms with Gasteiger partial charge in [-0.2, -0.15) is 0 Å². The van der Waals surface area contributed by atoms with Crippen molar-refractivity contribution >= 4 is 11.9 Å². The van der Waals surface area contributed by atoms with Crippen molar-refractivity contribution in [3.8, 4) is 5.75 Å². The largest absolute Gasteiger partial charge is 0.487 e. The Morgan fingerprint density at radius 2 is 1.58 bits per heavy atom. The van der Waals surface area contributed by atoms with Crippen LogP contribution in [-0.2, 0) is 24.2 Å². The van der Waals surface area contributed by atoms with Crippen molar-refractivity contribution in [1.29, 1.82) is 0 Å². The number of carbonyl (C=O) groups excluding carboxylic acids is 1. The molecule has 1 N–H and O–H groups in total. The molecule has 1 heterocycles. The van der Waals surface area contributed by atoms with Crippen LogP contribution in [0.4, 0.5) is 8.78 Å². The van der Waals surface area contributed by atoms with Crippen LogP contribution in [0.1, 0.15) is 34.0 Å². The molecule has 1 aliphatic rings. The molecule has 0 unspecified atom stereocenters. The second-order valence-corrected chi connectivity index (χ2v) is 8.54. The Kier molecular flexibility index (Phi) is 6.14. The van der Waals surface area contributed by atoms with E-state index in [0.29, 0.717) is 29.7 Å². The summed E-state index contributed by atoms with van der Waals surface area (Å²) in [6, 6.07) is 16.9. The third-order valence-corrected chi connectivity index (χ3v) is 5.62. The molecule has 0 fully saturated rings. The summed E-state index contributed by atoms with van der Waals surface area (Å²) in [6.45, 7) is 1.52. The van der Waals surface area contributed by atoms with E-state index in [9.17, 15) is 23.5 Å². The Bertz CT molecular complexity index is 1180. The highest BCUT2D eigenvalue weighted by Gasteiger charge is 2.35. The van der Waals surface area contributed by atoms with Crippen LogP contribution >= 0.6 is 0 Å². The smallest absolute Gasteiger partial charge is 0.323 e. The van der Waals surface area contributed by atoms with Crippen LogP contribution in [0.2, 0.25) is 0 Å². The van der Waals surface area contributed by atoms with E-state index in [1.807, 2.05) is 6.92 Å². The van der Waals surface area contributed by atoms with Crippen molar-refractivity contribution in [2.45, 2.75) is 31.9 Å². The van der Waals surface area contributed by atoms with E-state index < -0.39 is 29.8 Å². The van der Waals surface area contributed by atoms with E-state index in [4.69, 9.17) is 4.74 Å². The van der Waals surface area contributed by atoms with E-state index in [1.165, 1.54) is 41.3 Å². The SMILES string of the molecule is C[C@@]1(Cc2ccc(F)cc2)Cc2cc(C(=O)N(CC(=O)O)Cc3ccc(F)cc3)ccc2O1. The van der Waals surface area contributed by atoms with Crippen LogP contribution in [0.3, 0.4) is 0 Å². The summed E-state index contributed by atoms with van der Waals surface area (Å²) in [6.07, 6.45) is 1.12.